The van der Waals surface area contributed by atoms with Crippen molar-refractivity contribution >= 4 is 11.6 Å². The number of hydrogen-bond acceptors (Lipinski definition) is 4. The minimum atomic E-state index is 0.0482. The summed E-state index contributed by atoms with van der Waals surface area (Å²) in [5.74, 6) is 0.0482. The van der Waals surface area contributed by atoms with Crippen LogP contribution in [0.3, 0.4) is 0 Å². The smallest absolute Gasteiger partial charge is 0.274 e. The van der Waals surface area contributed by atoms with Gasteiger partial charge in [-0.2, -0.15) is 5.10 Å². The average molecular weight is 353 g/mol. The number of carbonyl (C=O) groups excluding carboxylic acids is 1. The van der Waals surface area contributed by atoms with Crippen LogP contribution in [0.4, 0.5) is 5.69 Å². The highest BCUT2D eigenvalue weighted by molar-refractivity contribution is 5.92. The highest BCUT2D eigenvalue weighted by Gasteiger charge is 2.26. The lowest BCUT2D eigenvalue weighted by atomic mass is 10.0. The molecule has 1 amide bonds. The van der Waals surface area contributed by atoms with Crippen LogP contribution in [0.2, 0.25) is 0 Å². The maximum Gasteiger partial charge on any atom is 0.274 e. The monoisotopic (exact) mass is 353 g/mol. The maximum atomic E-state index is 12.9. The van der Waals surface area contributed by atoms with Crippen LogP contribution >= 0.6 is 0 Å². The number of rotatable bonds is 4. The van der Waals surface area contributed by atoms with E-state index in [0.29, 0.717) is 17.8 Å². The molecule has 2 fully saturated rings. The zero-order valence-electron chi connectivity index (χ0n) is 15.1. The standard InChI is InChI=1S/C20H27N5O/c26-20(19-10-13-25(23-19)18-9-4-11-21-14-18)24-12-5-8-17(15-24)22-16-6-2-1-3-7-16/h1-3,6-7,10,13,17-18,21-22H,4-5,8-9,11-12,14-15H2. The van der Waals surface area contributed by atoms with E-state index in [-0.39, 0.29) is 5.91 Å². The third-order valence-corrected chi connectivity index (χ3v) is 5.33. The van der Waals surface area contributed by atoms with E-state index in [1.807, 2.05) is 40.0 Å². The zero-order valence-corrected chi connectivity index (χ0v) is 15.1. The average Bonchev–Trinajstić information content (AvgIpc) is 3.19. The lowest BCUT2D eigenvalue weighted by Crippen LogP contribution is -2.45. The second kappa shape index (κ2) is 7.91. The normalized spacial score (nSPS) is 23.6. The Morgan fingerprint density at radius 1 is 1.15 bits per heavy atom. The van der Waals surface area contributed by atoms with Crippen LogP contribution in [0.15, 0.2) is 42.6 Å². The van der Waals surface area contributed by atoms with Gasteiger partial charge in [-0.25, -0.2) is 0 Å². The molecule has 2 N–H and O–H groups in total. The molecule has 2 atom stereocenters. The fourth-order valence-corrected chi connectivity index (χ4v) is 3.93. The lowest BCUT2D eigenvalue weighted by molar-refractivity contribution is 0.0707. The Morgan fingerprint density at radius 3 is 2.85 bits per heavy atom. The summed E-state index contributed by atoms with van der Waals surface area (Å²) in [5, 5.41) is 11.5. The van der Waals surface area contributed by atoms with Crippen LogP contribution < -0.4 is 10.6 Å². The summed E-state index contributed by atoms with van der Waals surface area (Å²) < 4.78 is 1.96. The zero-order chi connectivity index (χ0) is 17.8. The summed E-state index contributed by atoms with van der Waals surface area (Å²) in [6.07, 6.45) is 6.33. The second-order valence-electron chi connectivity index (χ2n) is 7.28. The van der Waals surface area contributed by atoms with Crippen molar-refractivity contribution in [3.8, 4) is 0 Å². The van der Waals surface area contributed by atoms with Crippen molar-refractivity contribution in [1.82, 2.24) is 20.0 Å². The van der Waals surface area contributed by atoms with Crippen molar-refractivity contribution in [2.24, 2.45) is 0 Å². The summed E-state index contributed by atoms with van der Waals surface area (Å²) in [6.45, 7) is 3.55. The molecule has 0 radical (unpaired) electrons. The summed E-state index contributed by atoms with van der Waals surface area (Å²) in [4.78, 5) is 14.8. The van der Waals surface area contributed by atoms with Crippen LogP contribution in [0.5, 0.6) is 0 Å². The van der Waals surface area contributed by atoms with Crippen molar-refractivity contribution in [2.75, 3.05) is 31.5 Å². The number of nitrogens with one attached hydrogen (secondary N) is 2. The van der Waals surface area contributed by atoms with Crippen LogP contribution in [-0.2, 0) is 0 Å². The van der Waals surface area contributed by atoms with E-state index in [1.54, 1.807) is 0 Å². The number of carbonyl (C=O) groups is 1. The molecular formula is C20H27N5O. The van der Waals surface area contributed by atoms with Gasteiger partial charge in [0.1, 0.15) is 5.69 Å². The topological polar surface area (TPSA) is 62.2 Å². The number of aromatic nitrogens is 2. The quantitative estimate of drug-likeness (QED) is 0.887. The summed E-state index contributed by atoms with van der Waals surface area (Å²) in [6, 6.07) is 12.7. The largest absolute Gasteiger partial charge is 0.381 e. The molecule has 138 valence electrons. The van der Waals surface area contributed by atoms with Crippen molar-refractivity contribution < 1.29 is 4.79 Å². The van der Waals surface area contributed by atoms with Crippen LogP contribution in [-0.4, -0.2) is 52.8 Å². The van der Waals surface area contributed by atoms with E-state index in [0.717, 1.165) is 57.5 Å². The maximum absolute atomic E-state index is 12.9. The number of benzene rings is 1. The van der Waals surface area contributed by atoms with Gasteiger partial charge in [0, 0.05) is 37.6 Å². The SMILES string of the molecule is O=C(c1ccn(C2CCCNC2)n1)N1CCCC(Nc2ccccc2)C1. The molecule has 2 aromatic rings. The molecule has 0 spiro atoms. The Morgan fingerprint density at radius 2 is 2.04 bits per heavy atom. The number of amides is 1. The Balaban J connectivity index is 1.38. The molecule has 0 aliphatic carbocycles. The molecule has 26 heavy (non-hydrogen) atoms. The first kappa shape index (κ1) is 17.1. The highest BCUT2D eigenvalue weighted by atomic mass is 16.2. The summed E-state index contributed by atoms with van der Waals surface area (Å²) in [5.41, 5.74) is 1.68. The molecule has 2 aliphatic heterocycles. The van der Waals surface area contributed by atoms with Gasteiger partial charge in [-0.3, -0.25) is 9.48 Å². The minimum absolute atomic E-state index is 0.0482. The van der Waals surface area contributed by atoms with Gasteiger partial charge in [0.15, 0.2) is 0 Å². The van der Waals surface area contributed by atoms with Gasteiger partial charge in [-0.05, 0) is 50.4 Å². The number of nitrogens with zero attached hydrogens (tertiary/aromatic N) is 3. The Kier molecular flexibility index (Phi) is 5.20. The van der Waals surface area contributed by atoms with E-state index in [9.17, 15) is 4.79 Å². The predicted molar refractivity (Wildman–Crippen MR) is 102 cm³/mol. The fourth-order valence-electron chi connectivity index (χ4n) is 3.93. The van der Waals surface area contributed by atoms with Gasteiger partial charge in [0.25, 0.3) is 5.91 Å². The van der Waals surface area contributed by atoms with Gasteiger partial charge < -0.3 is 15.5 Å². The van der Waals surface area contributed by atoms with Crippen molar-refractivity contribution in [3.63, 3.8) is 0 Å². The molecule has 2 aliphatic rings. The minimum Gasteiger partial charge on any atom is -0.381 e. The number of piperidine rings is 2. The van der Waals surface area contributed by atoms with Crippen LogP contribution in [0.1, 0.15) is 42.2 Å². The molecule has 3 heterocycles. The lowest BCUT2D eigenvalue weighted by Gasteiger charge is -2.33. The summed E-state index contributed by atoms with van der Waals surface area (Å²) >= 11 is 0. The van der Waals surface area contributed by atoms with E-state index >= 15 is 0 Å². The molecule has 1 aromatic heterocycles. The predicted octanol–water partition coefficient (Wildman–Crippen LogP) is 2.52. The van der Waals surface area contributed by atoms with Gasteiger partial charge >= 0.3 is 0 Å². The first-order chi connectivity index (χ1) is 12.8. The van der Waals surface area contributed by atoms with Crippen molar-refractivity contribution in [2.45, 2.75) is 37.8 Å². The van der Waals surface area contributed by atoms with Gasteiger partial charge in [-0.15, -0.1) is 0 Å². The molecule has 0 bridgehead atoms. The second-order valence-corrected chi connectivity index (χ2v) is 7.28. The Labute approximate surface area is 154 Å². The molecule has 1 aromatic carbocycles. The molecular weight excluding hydrogens is 326 g/mol. The molecule has 6 nitrogen and oxygen atoms in total. The van der Waals surface area contributed by atoms with Crippen molar-refractivity contribution in [3.05, 3.63) is 48.3 Å². The van der Waals surface area contributed by atoms with Crippen LogP contribution in [0.25, 0.3) is 0 Å². The number of hydrogen-bond donors (Lipinski definition) is 2. The Hall–Kier alpha value is -2.34. The van der Waals surface area contributed by atoms with Crippen LogP contribution in [0, 0.1) is 0 Å². The van der Waals surface area contributed by atoms with E-state index in [4.69, 9.17) is 0 Å². The molecule has 0 saturated carbocycles. The first-order valence-corrected chi connectivity index (χ1v) is 9.66. The van der Waals surface area contributed by atoms with Gasteiger partial charge in [-0.1, -0.05) is 18.2 Å². The molecule has 6 heteroatoms. The van der Waals surface area contributed by atoms with E-state index < -0.39 is 0 Å². The molecule has 4 rings (SSSR count). The third kappa shape index (κ3) is 3.90. The molecule has 2 saturated heterocycles. The van der Waals surface area contributed by atoms with Gasteiger partial charge in [0.2, 0.25) is 0 Å². The van der Waals surface area contributed by atoms with E-state index in [2.05, 4.69) is 27.9 Å². The molecule has 2 unspecified atom stereocenters. The van der Waals surface area contributed by atoms with E-state index in [1.165, 1.54) is 0 Å². The third-order valence-electron chi connectivity index (χ3n) is 5.33. The first-order valence-electron chi connectivity index (χ1n) is 9.66. The number of anilines is 1. The highest BCUT2D eigenvalue weighted by Crippen LogP contribution is 2.19. The summed E-state index contributed by atoms with van der Waals surface area (Å²) in [7, 11) is 0. The number of para-hydroxylation sites is 1. The Bertz CT molecular complexity index is 723. The fraction of sp³-hybridized carbons (Fsp3) is 0.500. The van der Waals surface area contributed by atoms with Gasteiger partial charge in [0.05, 0.1) is 6.04 Å². The van der Waals surface area contributed by atoms with Crippen molar-refractivity contribution in [1.29, 1.82) is 0 Å². The number of likely N-dealkylation sites (tertiary alicyclic amines) is 1.